The highest BCUT2D eigenvalue weighted by atomic mass is 32.1. The third kappa shape index (κ3) is 5.58. The summed E-state index contributed by atoms with van der Waals surface area (Å²) in [5, 5.41) is 14.8. The maximum Gasteiger partial charge on any atom is 0.267 e. The molecule has 3 N–H and O–H groups in total. The molecule has 0 aliphatic carbocycles. The second-order valence-electron chi connectivity index (χ2n) is 8.15. The van der Waals surface area contributed by atoms with Gasteiger partial charge in [-0.1, -0.05) is 0 Å². The van der Waals surface area contributed by atoms with E-state index in [1.807, 2.05) is 5.38 Å². The minimum atomic E-state index is -0.760. The fourth-order valence-corrected chi connectivity index (χ4v) is 4.30. The number of nitrogens with one attached hydrogen (secondary N) is 3. The summed E-state index contributed by atoms with van der Waals surface area (Å²) in [6.45, 7) is 0. The Balaban J connectivity index is 1.36. The summed E-state index contributed by atoms with van der Waals surface area (Å²) in [6.07, 6.45) is 7.38. The number of nitrogens with zero attached hydrogens (tertiary/aromatic N) is 2. The van der Waals surface area contributed by atoms with Gasteiger partial charge in [-0.25, -0.2) is 13.8 Å². The Hall–Kier alpha value is -5.16. The van der Waals surface area contributed by atoms with E-state index in [0.717, 1.165) is 12.3 Å². The minimum absolute atomic E-state index is 0.107. The summed E-state index contributed by atoms with van der Waals surface area (Å²) in [5.41, 5.74) is 3.26. The zero-order valence-corrected chi connectivity index (χ0v) is 20.8. The first-order valence-corrected chi connectivity index (χ1v) is 12.4. The Labute approximate surface area is 224 Å². The molecule has 0 saturated carbocycles. The predicted molar refractivity (Wildman–Crippen MR) is 145 cm³/mol. The first-order chi connectivity index (χ1) is 18.9. The lowest BCUT2D eigenvalue weighted by molar-refractivity contribution is 0.102. The van der Waals surface area contributed by atoms with Crippen molar-refractivity contribution in [3.05, 3.63) is 135 Å². The summed E-state index contributed by atoms with van der Waals surface area (Å²) >= 11 is 1.43. The molecule has 2 aromatic heterocycles. The Bertz CT molecular complexity index is 1710. The summed E-state index contributed by atoms with van der Waals surface area (Å²) in [5.74, 6) is -1.80. The van der Waals surface area contributed by atoms with Crippen LogP contribution in [0.25, 0.3) is 11.3 Å². The predicted octanol–water partition coefficient (Wildman–Crippen LogP) is 5.26. The Morgan fingerprint density at radius 2 is 1.97 bits per heavy atom. The van der Waals surface area contributed by atoms with Gasteiger partial charge in [-0.05, 0) is 60.7 Å². The van der Waals surface area contributed by atoms with Crippen LogP contribution in [-0.4, -0.2) is 21.7 Å². The van der Waals surface area contributed by atoms with Crippen molar-refractivity contribution in [3.8, 4) is 11.4 Å². The first-order valence-electron chi connectivity index (χ1n) is 11.5. The molecule has 3 heterocycles. The van der Waals surface area contributed by atoms with E-state index in [-0.39, 0.29) is 22.8 Å². The maximum absolute atomic E-state index is 15.0. The molecule has 0 atom stereocenters. The third-order valence-corrected chi connectivity index (χ3v) is 6.21. The van der Waals surface area contributed by atoms with Crippen LogP contribution >= 0.6 is 11.3 Å². The van der Waals surface area contributed by atoms with E-state index >= 15 is 4.39 Å². The van der Waals surface area contributed by atoms with Gasteiger partial charge >= 0.3 is 0 Å². The second-order valence-corrected chi connectivity index (χ2v) is 8.87. The number of thiazole rings is 1. The second kappa shape index (κ2) is 11.1. The van der Waals surface area contributed by atoms with Crippen LogP contribution in [0, 0.1) is 17.0 Å². The molecule has 2 aromatic carbocycles. The van der Waals surface area contributed by atoms with Crippen molar-refractivity contribution in [2.75, 3.05) is 5.32 Å². The molecule has 4 aromatic rings. The maximum atomic E-state index is 15.0. The number of rotatable bonds is 7. The topological polar surface area (TPSA) is 109 Å². The number of anilines is 1. The Morgan fingerprint density at radius 1 is 1.15 bits per heavy atom. The molecule has 1 aliphatic rings. The molecule has 0 bridgehead atoms. The van der Waals surface area contributed by atoms with E-state index in [1.165, 1.54) is 76.7 Å². The number of benzene rings is 2. The lowest BCUT2D eigenvalue weighted by Crippen LogP contribution is -2.27. The number of dihydropyridines is 1. The number of carbonyl (C=O) groups excluding carboxylic acids is 1. The van der Waals surface area contributed by atoms with Gasteiger partial charge in [0.25, 0.3) is 11.5 Å². The van der Waals surface area contributed by atoms with Gasteiger partial charge in [-0.2, -0.15) is 0 Å². The van der Waals surface area contributed by atoms with Gasteiger partial charge in [-0.3, -0.25) is 14.2 Å². The minimum Gasteiger partial charge on any atom is -0.452 e. The fourth-order valence-electron chi connectivity index (χ4n) is 3.74. The molecule has 5 rings (SSSR count). The van der Waals surface area contributed by atoms with E-state index in [1.54, 1.807) is 17.8 Å². The van der Waals surface area contributed by atoms with Crippen LogP contribution in [0.15, 0.2) is 106 Å². The number of allylic oxidation sites excluding steroid dienone is 3. The van der Waals surface area contributed by atoms with Crippen molar-refractivity contribution in [1.29, 1.82) is 5.41 Å². The van der Waals surface area contributed by atoms with Gasteiger partial charge in [0, 0.05) is 47.0 Å². The standard InChI is InChI=1S/C28H19F2N5O3S/c29-18-3-6-20(7-4-18)35-11-1-2-21(28(35)37)27(36)34-19-5-8-25(22(30)13-19)38-26-12-17(24-15-39-16-33-24)14-32-23(26)9-10-31/h1-16,31-32H,(H,34,36)/b23-9-,31-10?. The molecule has 39 heavy (non-hydrogen) atoms. The molecule has 0 saturated heterocycles. The van der Waals surface area contributed by atoms with Crippen molar-refractivity contribution in [3.63, 3.8) is 0 Å². The van der Waals surface area contributed by atoms with Gasteiger partial charge in [0.2, 0.25) is 0 Å². The molecule has 0 spiro atoms. The zero-order valence-electron chi connectivity index (χ0n) is 20.0. The normalized spacial score (nSPS) is 13.7. The van der Waals surface area contributed by atoms with Gasteiger partial charge in [0.15, 0.2) is 17.3 Å². The average molecular weight is 544 g/mol. The lowest BCUT2D eigenvalue weighted by Gasteiger charge is -2.19. The van der Waals surface area contributed by atoms with Crippen molar-refractivity contribution < 1.29 is 18.3 Å². The van der Waals surface area contributed by atoms with E-state index in [0.29, 0.717) is 22.7 Å². The van der Waals surface area contributed by atoms with Gasteiger partial charge in [0.1, 0.15) is 11.4 Å². The lowest BCUT2D eigenvalue weighted by atomic mass is 10.1. The molecular weight excluding hydrogens is 524 g/mol. The van der Waals surface area contributed by atoms with Crippen LogP contribution in [-0.2, 0) is 0 Å². The number of hydrogen-bond donors (Lipinski definition) is 3. The molecule has 1 aliphatic heterocycles. The average Bonchev–Trinajstić information content (AvgIpc) is 3.47. The van der Waals surface area contributed by atoms with Crippen LogP contribution in [0.5, 0.6) is 5.75 Å². The van der Waals surface area contributed by atoms with Crippen molar-refractivity contribution in [2.45, 2.75) is 0 Å². The molecule has 0 unspecified atom stereocenters. The highest BCUT2D eigenvalue weighted by Crippen LogP contribution is 2.29. The zero-order chi connectivity index (χ0) is 27.4. The van der Waals surface area contributed by atoms with Crippen molar-refractivity contribution >= 4 is 34.7 Å². The number of carbonyl (C=O) groups is 1. The van der Waals surface area contributed by atoms with E-state index in [9.17, 15) is 14.0 Å². The quantitative estimate of drug-likeness (QED) is 0.276. The largest absolute Gasteiger partial charge is 0.452 e. The molecule has 11 heteroatoms. The van der Waals surface area contributed by atoms with Gasteiger partial charge in [0.05, 0.1) is 16.9 Å². The van der Waals surface area contributed by atoms with Crippen molar-refractivity contribution in [2.24, 2.45) is 0 Å². The van der Waals surface area contributed by atoms with E-state index in [2.05, 4.69) is 15.6 Å². The molecule has 8 nitrogen and oxygen atoms in total. The Kier molecular flexibility index (Phi) is 7.23. The van der Waals surface area contributed by atoms with Gasteiger partial charge < -0.3 is 20.8 Å². The van der Waals surface area contributed by atoms with Crippen molar-refractivity contribution in [1.82, 2.24) is 14.9 Å². The van der Waals surface area contributed by atoms with Crippen LogP contribution in [0.2, 0.25) is 0 Å². The number of ether oxygens (including phenoxy) is 1. The molecule has 0 radical (unpaired) electrons. The summed E-state index contributed by atoms with van der Waals surface area (Å²) < 4.78 is 35.3. The number of pyridine rings is 1. The highest BCUT2D eigenvalue weighted by Gasteiger charge is 2.18. The highest BCUT2D eigenvalue weighted by molar-refractivity contribution is 7.07. The van der Waals surface area contributed by atoms with Crippen LogP contribution in [0.1, 0.15) is 16.1 Å². The molecule has 194 valence electrons. The summed E-state index contributed by atoms with van der Waals surface area (Å²) in [6, 6.07) is 12.0. The monoisotopic (exact) mass is 543 g/mol. The van der Waals surface area contributed by atoms with E-state index in [4.69, 9.17) is 10.1 Å². The number of amides is 1. The fraction of sp³-hybridized carbons (Fsp3) is 0. The molecular formula is C28H19F2N5O3S. The summed E-state index contributed by atoms with van der Waals surface area (Å²) in [4.78, 5) is 30.0. The summed E-state index contributed by atoms with van der Waals surface area (Å²) in [7, 11) is 0. The van der Waals surface area contributed by atoms with Crippen LogP contribution in [0.4, 0.5) is 14.5 Å². The third-order valence-electron chi connectivity index (χ3n) is 5.62. The first kappa shape index (κ1) is 25.5. The SMILES string of the molecule is N=C/C=C1\NC=C(c2cscn2)C=C1Oc1ccc(NC(=O)c2cccn(-c3ccc(F)cc3)c2=O)cc1F. The Morgan fingerprint density at radius 3 is 2.69 bits per heavy atom. The smallest absolute Gasteiger partial charge is 0.267 e. The molecule has 0 fully saturated rings. The number of aromatic nitrogens is 2. The van der Waals surface area contributed by atoms with Crippen LogP contribution < -0.4 is 20.9 Å². The van der Waals surface area contributed by atoms with Gasteiger partial charge in [-0.15, -0.1) is 11.3 Å². The number of halogens is 2. The van der Waals surface area contributed by atoms with Crippen LogP contribution in [0.3, 0.4) is 0 Å². The van der Waals surface area contributed by atoms with E-state index < -0.39 is 23.1 Å². The molecule has 1 amide bonds. The number of hydrogen-bond acceptors (Lipinski definition) is 7.